The molecule has 1 aliphatic carbocycles. The van der Waals surface area contributed by atoms with Crippen molar-refractivity contribution < 1.29 is 14.6 Å². The van der Waals surface area contributed by atoms with Crippen molar-refractivity contribution in [3.05, 3.63) is 29.5 Å². The van der Waals surface area contributed by atoms with E-state index in [1.54, 1.807) is 19.1 Å². The van der Waals surface area contributed by atoms with Crippen LogP contribution in [0.2, 0.25) is 0 Å². The maximum Gasteiger partial charge on any atom is 0.354 e. The maximum atomic E-state index is 11.6. The van der Waals surface area contributed by atoms with Gasteiger partial charge in [-0.25, -0.2) is 4.79 Å². The SMILES string of the molecule is CCOC(=O)c1cc2cc(C3CC3)c(O)cc2[nH]1. The monoisotopic (exact) mass is 245 g/mol. The van der Waals surface area contributed by atoms with Crippen molar-refractivity contribution in [2.24, 2.45) is 0 Å². The summed E-state index contributed by atoms with van der Waals surface area (Å²) in [5.41, 5.74) is 2.18. The molecule has 1 aliphatic rings. The van der Waals surface area contributed by atoms with Crippen LogP contribution in [0.15, 0.2) is 18.2 Å². The van der Waals surface area contributed by atoms with Crippen LogP contribution in [0.3, 0.4) is 0 Å². The summed E-state index contributed by atoms with van der Waals surface area (Å²) in [6, 6.07) is 5.42. The van der Waals surface area contributed by atoms with Crippen LogP contribution >= 0.6 is 0 Å². The van der Waals surface area contributed by atoms with Crippen molar-refractivity contribution >= 4 is 16.9 Å². The van der Waals surface area contributed by atoms with E-state index in [2.05, 4.69) is 4.98 Å². The lowest BCUT2D eigenvalue weighted by atomic mass is 10.1. The standard InChI is InChI=1S/C14H15NO3/c1-2-18-14(17)12-6-9-5-10(8-3-4-8)13(16)7-11(9)15-12/h5-8,15-16H,2-4H2,1H3. The van der Waals surface area contributed by atoms with Crippen LogP contribution < -0.4 is 0 Å². The van der Waals surface area contributed by atoms with Gasteiger partial charge in [0.25, 0.3) is 0 Å². The number of ether oxygens (including phenoxy) is 1. The van der Waals surface area contributed by atoms with E-state index >= 15 is 0 Å². The van der Waals surface area contributed by atoms with Crippen LogP contribution in [0.1, 0.15) is 41.7 Å². The summed E-state index contributed by atoms with van der Waals surface area (Å²) in [7, 11) is 0. The number of aromatic nitrogens is 1. The second-order valence-corrected chi connectivity index (χ2v) is 4.68. The molecule has 3 rings (SSSR count). The first-order valence-corrected chi connectivity index (χ1v) is 6.21. The van der Waals surface area contributed by atoms with E-state index in [0.29, 0.717) is 24.0 Å². The first-order valence-electron chi connectivity index (χ1n) is 6.21. The number of hydrogen-bond acceptors (Lipinski definition) is 3. The number of phenolic OH excluding ortho intramolecular Hbond substituents is 1. The van der Waals surface area contributed by atoms with Gasteiger partial charge < -0.3 is 14.8 Å². The van der Waals surface area contributed by atoms with Crippen molar-refractivity contribution in [1.29, 1.82) is 0 Å². The fraction of sp³-hybridized carbons (Fsp3) is 0.357. The van der Waals surface area contributed by atoms with Gasteiger partial charge in [-0.1, -0.05) is 0 Å². The highest BCUT2D eigenvalue weighted by Crippen LogP contribution is 2.45. The molecular formula is C14H15NO3. The first kappa shape index (κ1) is 11.1. The molecule has 94 valence electrons. The molecule has 1 fully saturated rings. The Labute approximate surface area is 105 Å². The zero-order valence-corrected chi connectivity index (χ0v) is 10.2. The maximum absolute atomic E-state index is 11.6. The van der Waals surface area contributed by atoms with Crippen LogP contribution in [0.25, 0.3) is 10.9 Å². The number of nitrogens with one attached hydrogen (secondary N) is 1. The summed E-state index contributed by atoms with van der Waals surface area (Å²) in [5.74, 6) is 0.429. The minimum atomic E-state index is -0.360. The number of aromatic amines is 1. The Kier molecular flexibility index (Phi) is 2.51. The quantitative estimate of drug-likeness (QED) is 0.817. The summed E-state index contributed by atoms with van der Waals surface area (Å²) >= 11 is 0. The van der Waals surface area contributed by atoms with Gasteiger partial charge in [-0.3, -0.25) is 0 Å². The van der Waals surface area contributed by atoms with Gasteiger partial charge in [0.2, 0.25) is 0 Å². The summed E-state index contributed by atoms with van der Waals surface area (Å²) in [4.78, 5) is 14.6. The molecule has 18 heavy (non-hydrogen) atoms. The highest BCUT2D eigenvalue weighted by atomic mass is 16.5. The van der Waals surface area contributed by atoms with Crippen LogP contribution in [0, 0.1) is 0 Å². The van der Waals surface area contributed by atoms with Gasteiger partial charge in [0, 0.05) is 17.0 Å². The minimum Gasteiger partial charge on any atom is -0.508 e. The van der Waals surface area contributed by atoms with Gasteiger partial charge in [0.05, 0.1) is 6.61 Å². The Hall–Kier alpha value is -1.97. The van der Waals surface area contributed by atoms with E-state index in [-0.39, 0.29) is 5.97 Å². The number of benzene rings is 1. The Morgan fingerprint density at radius 3 is 2.89 bits per heavy atom. The molecular weight excluding hydrogens is 230 g/mol. The van der Waals surface area contributed by atoms with Gasteiger partial charge in [0.15, 0.2) is 0 Å². The molecule has 0 unspecified atom stereocenters. The molecule has 1 aromatic carbocycles. The van der Waals surface area contributed by atoms with E-state index in [4.69, 9.17) is 4.74 Å². The highest BCUT2D eigenvalue weighted by Gasteiger charge is 2.27. The van der Waals surface area contributed by atoms with Crippen LogP contribution in [-0.2, 0) is 4.74 Å². The number of aromatic hydroxyl groups is 1. The van der Waals surface area contributed by atoms with Crippen molar-refractivity contribution in [3.63, 3.8) is 0 Å². The molecule has 0 aliphatic heterocycles. The third kappa shape index (κ3) is 1.83. The van der Waals surface area contributed by atoms with Crippen LogP contribution in [0.5, 0.6) is 5.75 Å². The average molecular weight is 245 g/mol. The lowest BCUT2D eigenvalue weighted by molar-refractivity contribution is 0.0520. The largest absolute Gasteiger partial charge is 0.508 e. The van der Waals surface area contributed by atoms with Gasteiger partial charge in [-0.05, 0) is 43.4 Å². The number of carbonyl (C=O) groups is 1. The molecule has 2 aromatic rings. The van der Waals surface area contributed by atoms with E-state index in [1.807, 2.05) is 6.07 Å². The molecule has 1 heterocycles. The number of carbonyl (C=O) groups excluding carboxylic acids is 1. The molecule has 1 aromatic heterocycles. The van der Waals surface area contributed by atoms with Gasteiger partial charge >= 0.3 is 5.97 Å². The average Bonchev–Trinajstić information content (AvgIpc) is 3.09. The number of esters is 1. The van der Waals surface area contributed by atoms with Gasteiger partial charge in [-0.2, -0.15) is 0 Å². The Bertz CT molecular complexity index is 611. The lowest BCUT2D eigenvalue weighted by Gasteiger charge is -2.02. The lowest BCUT2D eigenvalue weighted by Crippen LogP contribution is -2.04. The fourth-order valence-corrected chi connectivity index (χ4v) is 2.23. The Morgan fingerprint density at radius 1 is 1.44 bits per heavy atom. The summed E-state index contributed by atoms with van der Waals surface area (Å²) in [6.45, 7) is 2.13. The molecule has 0 bridgehead atoms. The highest BCUT2D eigenvalue weighted by molar-refractivity contribution is 5.95. The topological polar surface area (TPSA) is 62.3 Å². The third-order valence-electron chi connectivity index (χ3n) is 3.28. The molecule has 0 spiro atoms. The second-order valence-electron chi connectivity index (χ2n) is 4.68. The molecule has 0 saturated heterocycles. The third-order valence-corrected chi connectivity index (χ3v) is 3.28. The summed E-state index contributed by atoms with van der Waals surface area (Å²) < 4.78 is 4.95. The molecule has 1 saturated carbocycles. The van der Waals surface area contributed by atoms with Gasteiger partial charge in [0.1, 0.15) is 11.4 Å². The number of phenols is 1. The molecule has 0 amide bonds. The van der Waals surface area contributed by atoms with E-state index in [1.165, 1.54) is 0 Å². The zero-order chi connectivity index (χ0) is 12.7. The zero-order valence-electron chi connectivity index (χ0n) is 10.2. The molecule has 4 heteroatoms. The number of rotatable bonds is 3. The Morgan fingerprint density at radius 2 is 2.22 bits per heavy atom. The molecule has 0 atom stereocenters. The van der Waals surface area contributed by atoms with Gasteiger partial charge in [-0.15, -0.1) is 0 Å². The van der Waals surface area contributed by atoms with E-state index < -0.39 is 0 Å². The minimum absolute atomic E-state index is 0.308. The Balaban J connectivity index is 2.03. The van der Waals surface area contributed by atoms with E-state index in [0.717, 1.165) is 29.3 Å². The van der Waals surface area contributed by atoms with Crippen molar-refractivity contribution in [2.75, 3.05) is 6.61 Å². The van der Waals surface area contributed by atoms with Crippen LogP contribution in [-0.4, -0.2) is 22.7 Å². The van der Waals surface area contributed by atoms with Crippen molar-refractivity contribution in [3.8, 4) is 5.75 Å². The normalized spacial score (nSPS) is 14.9. The summed E-state index contributed by atoms with van der Waals surface area (Å²) in [5, 5.41) is 10.9. The first-order chi connectivity index (χ1) is 8.69. The second kappa shape index (κ2) is 4.05. The smallest absolute Gasteiger partial charge is 0.354 e. The van der Waals surface area contributed by atoms with Crippen molar-refractivity contribution in [2.45, 2.75) is 25.7 Å². The molecule has 0 radical (unpaired) electrons. The summed E-state index contributed by atoms with van der Waals surface area (Å²) in [6.07, 6.45) is 2.27. The predicted octanol–water partition coefficient (Wildman–Crippen LogP) is 2.93. The predicted molar refractivity (Wildman–Crippen MR) is 67.9 cm³/mol. The fourth-order valence-electron chi connectivity index (χ4n) is 2.23. The number of hydrogen-bond donors (Lipinski definition) is 2. The van der Waals surface area contributed by atoms with Crippen LogP contribution in [0.4, 0.5) is 0 Å². The number of H-pyrrole nitrogens is 1. The molecule has 2 N–H and O–H groups in total. The molecule has 4 nitrogen and oxygen atoms in total. The van der Waals surface area contributed by atoms with E-state index in [9.17, 15) is 9.90 Å². The number of fused-ring (bicyclic) bond motifs is 1. The van der Waals surface area contributed by atoms with Crippen molar-refractivity contribution in [1.82, 2.24) is 4.98 Å².